The molecule has 1 atom stereocenters. The largest absolute Gasteiger partial charge is 0.418 e. The number of thiazole rings is 1. The number of hydrogen-bond acceptors (Lipinski definition) is 8. The fourth-order valence-corrected chi connectivity index (χ4v) is 4.31. The van der Waals surface area contributed by atoms with Gasteiger partial charge in [0, 0.05) is 30.3 Å². The van der Waals surface area contributed by atoms with Gasteiger partial charge in [0.2, 0.25) is 0 Å². The van der Waals surface area contributed by atoms with Crippen molar-refractivity contribution in [2.24, 2.45) is 0 Å². The second kappa shape index (κ2) is 10.6. The van der Waals surface area contributed by atoms with Gasteiger partial charge in [0.05, 0.1) is 33.7 Å². The molecule has 4 heterocycles. The van der Waals surface area contributed by atoms with Gasteiger partial charge in [0.1, 0.15) is 22.7 Å². The van der Waals surface area contributed by atoms with Crippen LogP contribution in [0.5, 0.6) is 0 Å². The third-order valence-electron chi connectivity index (χ3n) is 5.06. The van der Waals surface area contributed by atoms with Crippen molar-refractivity contribution in [3.05, 3.63) is 81.3 Å². The van der Waals surface area contributed by atoms with E-state index >= 15 is 0 Å². The number of alkyl halides is 3. The lowest BCUT2D eigenvalue weighted by molar-refractivity contribution is -0.137. The zero-order valence-electron chi connectivity index (χ0n) is 18.8. The molecule has 0 bridgehead atoms. The van der Waals surface area contributed by atoms with E-state index in [-0.39, 0.29) is 39.9 Å². The number of halogens is 5. The number of rotatable bonds is 7. The molecule has 8 nitrogen and oxygen atoms in total. The van der Waals surface area contributed by atoms with Gasteiger partial charge in [-0.15, -0.1) is 11.3 Å². The molecule has 1 amide bonds. The van der Waals surface area contributed by atoms with Crippen molar-refractivity contribution in [3.8, 4) is 11.3 Å². The summed E-state index contributed by atoms with van der Waals surface area (Å²) in [4.78, 5) is 45.0. The number of hydrogen-bond donors (Lipinski definition) is 1. The van der Waals surface area contributed by atoms with Gasteiger partial charge in [-0.05, 0) is 18.2 Å². The minimum atomic E-state index is -4.71. The summed E-state index contributed by atoms with van der Waals surface area (Å²) in [6.45, 7) is 1.72. The third-order valence-corrected chi connectivity index (χ3v) is 6.59. The summed E-state index contributed by atoms with van der Waals surface area (Å²) in [6, 6.07) is 3.44. The molecule has 0 saturated heterocycles. The zero-order valence-corrected chi connectivity index (χ0v) is 20.3. The van der Waals surface area contributed by atoms with Crippen LogP contribution in [0.2, 0.25) is 5.02 Å². The minimum absolute atomic E-state index is 0.0163. The second-order valence-electron chi connectivity index (χ2n) is 7.74. The summed E-state index contributed by atoms with van der Waals surface area (Å²) < 4.78 is 53.2. The molecule has 4 aromatic rings. The molecule has 1 N–H and O–H groups in total. The lowest BCUT2D eigenvalue weighted by atomic mass is 10.0. The van der Waals surface area contributed by atoms with Crippen molar-refractivity contribution in [1.82, 2.24) is 24.9 Å². The summed E-state index contributed by atoms with van der Waals surface area (Å²) in [5.41, 5.74) is -0.649. The summed E-state index contributed by atoms with van der Waals surface area (Å²) in [6.07, 6.45) is 0.925. The Bertz CT molecular complexity index is 1480. The fraction of sp³-hybridized carbons (Fsp3) is 0.174. The van der Waals surface area contributed by atoms with Gasteiger partial charge in [-0.25, -0.2) is 24.3 Å². The molecule has 0 saturated carbocycles. The summed E-state index contributed by atoms with van der Waals surface area (Å²) in [5, 5.41) is 2.15. The summed E-state index contributed by atoms with van der Waals surface area (Å²) in [5.74, 6) is -2.40. The Hall–Kier alpha value is -3.84. The summed E-state index contributed by atoms with van der Waals surface area (Å²) >= 11 is 6.53. The predicted molar refractivity (Wildman–Crippen MR) is 127 cm³/mol. The molecule has 4 aromatic heterocycles. The van der Waals surface area contributed by atoms with E-state index in [1.807, 2.05) is 0 Å². The first-order chi connectivity index (χ1) is 17.5. The molecular formula is C23H15ClF4N6O2S. The Morgan fingerprint density at radius 1 is 1.11 bits per heavy atom. The molecule has 0 fully saturated rings. The van der Waals surface area contributed by atoms with E-state index in [4.69, 9.17) is 11.6 Å². The van der Waals surface area contributed by atoms with Crippen LogP contribution in [0.25, 0.3) is 11.3 Å². The maximum absolute atomic E-state index is 14.0. The van der Waals surface area contributed by atoms with E-state index in [9.17, 15) is 27.2 Å². The van der Waals surface area contributed by atoms with Gasteiger partial charge in [0.15, 0.2) is 11.6 Å². The van der Waals surface area contributed by atoms with Crippen molar-refractivity contribution in [2.75, 3.05) is 5.32 Å². The molecule has 190 valence electrons. The fourth-order valence-electron chi connectivity index (χ4n) is 3.23. The number of anilines is 1. The molecule has 1 unspecified atom stereocenters. The van der Waals surface area contributed by atoms with Crippen LogP contribution in [0.3, 0.4) is 0 Å². The van der Waals surface area contributed by atoms with Crippen molar-refractivity contribution in [2.45, 2.75) is 25.4 Å². The third kappa shape index (κ3) is 6.12. The molecule has 4 rings (SSSR count). The van der Waals surface area contributed by atoms with Gasteiger partial charge in [-0.1, -0.05) is 18.5 Å². The van der Waals surface area contributed by atoms with Crippen LogP contribution in [0.1, 0.15) is 50.0 Å². The van der Waals surface area contributed by atoms with Crippen LogP contribution in [0.15, 0.2) is 49.3 Å². The van der Waals surface area contributed by atoms with Crippen molar-refractivity contribution < 1.29 is 27.2 Å². The highest BCUT2D eigenvalue weighted by Gasteiger charge is 2.34. The molecule has 0 aromatic carbocycles. The first kappa shape index (κ1) is 26.2. The molecule has 0 aliphatic heterocycles. The van der Waals surface area contributed by atoms with Crippen molar-refractivity contribution in [1.29, 1.82) is 0 Å². The van der Waals surface area contributed by atoms with E-state index in [0.29, 0.717) is 11.1 Å². The highest BCUT2D eigenvalue weighted by atomic mass is 35.5. The van der Waals surface area contributed by atoms with Crippen LogP contribution in [-0.2, 0) is 6.18 Å². The topological polar surface area (TPSA) is 111 Å². The molecule has 14 heteroatoms. The minimum Gasteiger partial charge on any atom is -0.306 e. The summed E-state index contributed by atoms with van der Waals surface area (Å²) in [7, 11) is 0. The van der Waals surface area contributed by atoms with Crippen LogP contribution < -0.4 is 5.32 Å². The molecule has 0 aliphatic rings. The highest BCUT2D eigenvalue weighted by Crippen LogP contribution is 2.35. The Morgan fingerprint density at radius 3 is 2.62 bits per heavy atom. The Kier molecular flexibility index (Phi) is 7.55. The average molecular weight is 551 g/mol. The van der Waals surface area contributed by atoms with Crippen LogP contribution in [0.4, 0.5) is 23.4 Å². The average Bonchev–Trinajstić information content (AvgIpc) is 3.36. The highest BCUT2D eigenvalue weighted by molar-refractivity contribution is 7.13. The van der Waals surface area contributed by atoms with E-state index in [1.165, 1.54) is 24.5 Å². The number of nitrogens with zero attached hydrogens (tertiary/aromatic N) is 5. The predicted octanol–water partition coefficient (Wildman–Crippen LogP) is 5.83. The van der Waals surface area contributed by atoms with Crippen LogP contribution in [-0.4, -0.2) is 36.6 Å². The standard InChI is InChI=1S/C23H15ClF4N6O2S/c1-11(4-18(35)17-6-16(32-10-33-17)12-2-3-29-8-15(12)25)22-31-9-19(37-22)21(36)34-20-5-13(23(26,27)28)14(24)7-30-20/h2-3,5-11H,4H2,1H3,(H,30,34,36). The van der Waals surface area contributed by atoms with E-state index < -0.39 is 34.4 Å². The molecule has 0 spiro atoms. The number of pyridine rings is 2. The first-order valence-electron chi connectivity index (χ1n) is 10.5. The lowest BCUT2D eigenvalue weighted by Crippen LogP contribution is -2.13. The monoisotopic (exact) mass is 550 g/mol. The van der Waals surface area contributed by atoms with Crippen LogP contribution in [0, 0.1) is 5.82 Å². The Morgan fingerprint density at radius 2 is 1.89 bits per heavy atom. The lowest BCUT2D eigenvalue weighted by Gasteiger charge is -2.10. The smallest absolute Gasteiger partial charge is 0.306 e. The number of aromatic nitrogens is 5. The number of carbonyl (C=O) groups excluding carboxylic acids is 2. The number of carbonyl (C=O) groups is 2. The number of ketones is 1. The molecule has 0 radical (unpaired) electrons. The number of nitrogens with one attached hydrogen (secondary N) is 1. The Balaban J connectivity index is 1.44. The van der Waals surface area contributed by atoms with Crippen molar-refractivity contribution in [3.63, 3.8) is 0 Å². The van der Waals surface area contributed by atoms with Gasteiger partial charge < -0.3 is 5.32 Å². The van der Waals surface area contributed by atoms with Gasteiger partial charge >= 0.3 is 6.18 Å². The quantitative estimate of drug-likeness (QED) is 0.228. The van der Waals surface area contributed by atoms with Gasteiger partial charge in [-0.3, -0.25) is 14.6 Å². The number of amides is 1. The molecule has 37 heavy (non-hydrogen) atoms. The van der Waals surface area contributed by atoms with E-state index in [1.54, 1.807) is 6.92 Å². The normalized spacial score (nSPS) is 12.3. The van der Waals surface area contributed by atoms with Gasteiger partial charge in [0.25, 0.3) is 5.91 Å². The maximum Gasteiger partial charge on any atom is 0.418 e. The van der Waals surface area contributed by atoms with Gasteiger partial charge in [-0.2, -0.15) is 13.2 Å². The van der Waals surface area contributed by atoms with Crippen LogP contribution >= 0.6 is 22.9 Å². The van der Waals surface area contributed by atoms with E-state index in [0.717, 1.165) is 30.1 Å². The molecular weight excluding hydrogens is 536 g/mol. The number of Topliss-reactive ketones (excluding diaryl/α,β-unsaturated/α-hetero) is 1. The maximum atomic E-state index is 14.0. The Labute approximate surface area is 215 Å². The first-order valence-corrected chi connectivity index (χ1v) is 11.7. The zero-order chi connectivity index (χ0) is 26.7. The second-order valence-corrected chi connectivity index (χ2v) is 9.21. The van der Waals surface area contributed by atoms with Crippen molar-refractivity contribution >= 4 is 40.4 Å². The SMILES string of the molecule is CC(CC(=O)c1cc(-c2ccncc2F)ncn1)c1ncc(C(=O)Nc2cc(C(F)(F)F)c(Cl)cn2)s1. The van der Waals surface area contributed by atoms with E-state index in [2.05, 4.69) is 30.2 Å². The molecule has 0 aliphatic carbocycles.